The Morgan fingerprint density at radius 1 is 1.54 bits per heavy atom. The number of methoxy groups -OCH3 is 1. The second kappa shape index (κ2) is 3.66. The number of rotatable bonds is 3. The minimum atomic E-state index is -3.26. The zero-order chi connectivity index (χ0) is 9.90. The summed E-state index contributed by atoms with van der Waals surface area (Å²) in [5.74, 6) is -3.02. The van der Waals surface area contributed by atoms with Gasteiger partial charge in [-0.25, -0.2) is 0 Å². The Morgan fingerprint density at radius 3 is 2.77 bits per heavy atom. The fraction of sp³-hybridized carbons (Fsp3) is 0.375. The number of hydrogen-bond donors (Lipinski definition) is 1. The fourth-order valence-corrected chi connectivity index (χ4v) is 0.822. The average Bonchev–Trinajstić information content (AvgIpc) is 2.18. The van der Waals surface area contributed by atoms with Gasteiger partial charge >= 0.3 is 0 Å². The summed E-state index contributed by atoms with van der Waals surface area (Å²) >= 11 is 0. The summed E-state index contributed by atoms with van der Waals surface area (Å²) in [5.41, 5.74) is -0.352. The van der Waals surface area contributed by atoms with E-state index in [0.29, 0.717) is 0 Å². The first kappa shape index (κ1) is 9.85. The van der Waals surface area contributed by atoms with E-state index < -0.39 is 12.5 Å². The number of halogens is 2. The smallest absolute Gasteiger partial charge is 0.297 e. The topological polar surface area (TPSA) is 42.4 Å². The lowest BCUT2D eigenvalue weighted by atomic mass is 10.1. The molecule has 0 aliphatic heterocycles. The molecule has 1 aromatic heterocycles. The van der Waals surface area contributed by atoms with Crippen molar-refractivity contribution in [2.45, 2.75) is 5.92 Å². The number of aliphatic hydroxyl groups is 1. The minimum Gasteiger partial charge on any atom is -0.495 e. The van der Waals surface area contributed by atoms with Crippen molar-refractivity contribution < 1.29 is 18.6 Å². The van der Waals surface area contributed by atoms with Crippen LogP contribution in [0.15, 0.2) is 18.5 Å². The third-order valence-corrected chi connectivity index (χ3v) is 1.57. The van der Waals surface area contributed by atoms with E-state index in [1.54, 1.807) is 0 Å². The van der Waals surface area contributed by atoms with Gasteiger partial charge in [-0.05, 0) is 6.07 Å². The molecule has 0 spiro atoms. The van der Waals surface area contributed by atoms with Crippen LogP contribution in [-0.4, -0.2) is 23.8 Å². The van der Waals surface area contributed by atoms with Gasteiger partial charge in [-0.3, -0.25) is 4.98 Å². The lowest BCUT2D eigenvalue weighted by molar-refractivity contribution is -0.0560. The maximum Gasteiger partial charge on any atom is 0.297 e. The molecule has 0 aliphatic carbocycles. The van der Waals surface area contributed by atoms with Gasteiger partial charge in [0.05, 0.1) is 13.3 Å². The molecule has 0 fully saturated rings. The molecular weight excluding hydrogens is 180 g/mol. The van der Waals surface area contributed by atoms with E-state index in [-0.39, 0.29) is 11.3 Å². The molecule has 72 valence electrons. The zero-order valence-electron chi connectivity index (χ0n) is 7.00. The normalized spacial score (nSPS) is 11.4. The van der Waals surface area contributed by atoms with Crippen LogP contribution >= 0.6 is 0 Å². The van der Waals surface area contributed by atoms with Crippen molar-refractivity contribution in [3.8, 4) is 5.75 Å². The van der Waals surface area contributed by atoms with Gasteiger partial charge in [-0.1, -0.05) is 0 Å². The van der Waals surface area contributed by atoms with E-state index in [2.05, 4.69) is 4.98 Å². The summed E-state index contributed by atoms with van der Waals surface area (Å²) in [6, 6.07) is 1.14. The Labute approximate surface area is 74.0 Å². The van der Waals surface area contributed by atoms with Crippen molar-refractivity contribution in [1.82, 2.24) is 4.98 Å². The molecule has 1 heterocycles. The molecule has 0 saturated carbocycles. The van der Waals surface area contributed by atoms with Gasteiger partial charge in [0.15, 0.2) is 0 Å². The third-order valence-electron chi connectivity index (χ3n) is 1.57. The van der Waals surface area contributed by atoms with Crippen LogP contribution in [-0.2, 0) is 5.92 Å². The van der Waals surface area contributed by atoms with Gasteiger partial charge in [0.25, 0.3) is 5.92 Å². The Balaban J connectivity index is 3.01. The standard InChI is InChI=1S/C8H9F2NO2/c1-13-7-2-6(3-11-4-7)8(9,10)5-12/h2-4,12H,5H2,1H3. The molecule has 0 aliphatic rings. The van der Waals surface area contributed by atoms with E-state index >= 15 is 0 Å². The molecule has 0 bridgehead atoms. The first-order valence-electron chi connectivity index (χ1n) is 3.58. The number of hydrogen-bond acceptors (Lipinski definition) is 3. The van der Waals surface area contributed by atoms with Crippen molar-refractivity contribution in [2.75, 3.05) is 13.7 Å². The van der Waals surface area contributed by atoms with E-state index in [0.717, 1.165) is 12.3 Å². The van der Waals surface area contributed by atoms with Crippen LogP contribution in [0.3, 0.4) is 0 Å². The molecule has 5 heteroatoms. The van der Waals surface area contributed by atoms with Crippen LogP contribution < -0.4 is 4.74 Å². The zero-order valence-corrected chi connectivity index (χ0v) is 7.00. The van der Waals surface area contributed by atoms with E-state index in [9.17, 15) is 8.78 Å². The molecule has 0 amide bonds. The lowest BCUT2D eigenvalue weighted by Gasteiger charge is -2.13. The monoisotopic (exact) mass is 189 g/mol. The predicted octanol–water partition coefficient (Wildman–Crippen LogP) is 1.17. The lowest BCUT2D eigenvalue weighted by Crippen LogP contribution is -2.18. The van der Waals surface area contributed by atoms with Gasteiger partial charge in [-0.2, -0.15) is 8.78 Å². The Morgan fingerprint density at radius 2 is 2.23 bits per heavy atom. The highest BCUT2D eigenvalue weighted by molar-refractivity contribution is 5.26. The maximum absolute atomic E-state index is 12.9. The number of ether oxygens (including phenoxy) is 1. The molecule has 0 saturated heterocycles. The van der Waals surface area contributed by atoms with Crippen LogP contribution in [0.25, 0.3) is 0 Å². The van der Waals surface area contributed by atoms with Crippen LogP contribution in [0.5, 0.6) is 5.75 Å². The average molecular weight is 189 g/mol. The van der Waals surface area contributed by atoms with Gasteiger partial charge in [-0.15, -0.1) is 0 Å². The maximum atomic E-state index is 12.9. The van der Waals surface area contributed by atoms with Crippen molar-refractivity contribution in [1.29, 1.82) is 0 Å². The molecule has 1 aromatic rings. The quantitative estimate of drug-likeness (QED) is 0.776. The largest absolute Gasteiger partial charge is 0.495 e. The summed E-state index contributed by atoms with van der Waals surface area (Å²) in [5, 5.41) is 8.39. The number of aromatic nitrogens is 1. The molecule has 3 nitrogen and oxygen atoms in total. The highest BCUT2D eigenvalue weighted by atomic mass is 19.3. The number of aliphatic hydroxyl groups excluding tert-OH is 1. The van der Waals surface area contributed by atoms with Crippen molar-refractivity contribution >= 4 is 0 Å². The highest BCUT2D eigenvalue weighted by Crippen LogP contribution is 2.28. The predicted molar refractivity (Wildman–Crippen MR) is 41.8 cm³/mol. The molecular formula is C8H9F2NO2. The molecule has 13 heavy (non-hydrogen) atoms. The third kappa shape index (κ3) is 2.12. The van der Waals surface area contributed by atoms with E-state index in [1.165, 1.54) is 13.3 Å². The van der Waals surface area contributed by atoms with Crippen LogP contribution in [0.2, 0.25) is 0 Å². The van der Waals surface area contributed by atoms with Crippen LogP contribution in [0, 0.1) is 0 Å². The SMILES string of the molecule is COc1cncc(C(F)(F)CO)c1. The van der Waals surface area contributed by atoms with Crippen LogP contribution in [0.1, 0.15) is 5.56 Å². The Hall–Kier alpha value is -1.23. The minimum absolute atomic E-state index is 0.241. The number of alkyl halides is 2. The first-order chi connectivity index (χ1) is 6.10. The van der Waals surface area contributed by atoms with Crippen molar-refractivity contribution in [3.05, 3.63) is 24.0 Å². The van der Waals surface area contributed by atoms with Crippen molar-refractivity contribution in [2.24, 2.45) is 0 Å². The van der Waals surface area contributed by atoms with Gasteiger partial charge in [0, 0.05) is 11.8 Å². The summed E-state index contributed by atoms with van der Waals surface area (Å²) in [6.45, 7) is -1.23. The summed E-state index contributed by atoms with van der Waals surface area (Å²) in [7, 11) is 1.36. The van der Waals surface area contributed by atoms with Gasteiger partial charge in [0.1, 0.15) is 12.4 Å². The first-order valence-corrected chi connectivity index (χ1v) is 3.58. The number of pyridine rings is 1. The molecule has 0 atom stereocenters. The molecule has 0 unspecified atom stereocenters. The highest BCUT2D eigenvalue weighted by Gasteiger charge is 2.31. The van der Waals surface area contributed by atoms with Crippen LogP contribution in [0.4, 0.5) is 8.78 Å². The summed E-state index contributed by atoms with van der Waals surface area (Å²) in [4.78, 5) is 3.55. The van der Waals surface area contributed by atoms with E-state index in [1.807, 2.05) is 0 Å². The summed E-state index contributed by atoms with van der Waals surface area (Å²) < 4.78 is 30.4. The molecule has 1 rings (SSSR count). The fourth-order valence-electron chi connectivity index (χ4n) is 0.822. The Kier molecular flexibility index (Phi) is 2.77. The molecule has 0 aromatic carbocycles. The summed E-state index contributed by atoms with van der Waals surface area (Å²) in [6.07, 6.45) is 2.32. The van der Waals surface area contributed by atoms with Gasteiger partial charge in [0.2, 0.25) is 0 Å². The second-order valence-corrected chi connectivity index (χ2v) is 2.48. The molecule has 1 N–H and O–H groups in total. The number of nitrogens with zero attached hydrogens (tertiary/aromatic N) is 1. The molecule has 0 radical (unpaired) electrons. The van der Waals surface area contributed by atoms with Gasteiger partial charge < -0.3 is 9.84 Å². The Bertz CT molecular complexity index is 291. The van der Waals surface area contributed by atoms with E-state index in [4.69, 9.17) is 9.84 Å². The second-order valence-electron chi connectivity index (χ2n) is 2.48. The van der Waals surface area contributed by atoms with Crippen molar-refractivity contribution in [3.63, 3.8) is 0 Å².